The van der Waals surface area contributed by atoms with Crippen LogP contribution in [0, 0.1) is 0 Å². The predicted octanol–water partition coefficient (Wildman–Crippen LogP) is 4.03. The van der Waals surface area contributed by atoms with Crippen LogP contribution in [0.3, 0.4) is 0 Å². The van der Waals surface area contributed by atoms with E-state index in [1.54, 1.807) is 12.5 Å². The first-order valence-corrected chi connectivity index (χ1v) is 13.8. The average Bonchev–Trinajstić information content (AvgIpc) is 2.18. The normalized spacial score (nSPS) is 13.2. The van der Waals surface area contributed by atoms with Crippen molar-refractivity contribution < 1.29 is 0 Å². The molecule has 0 aromatic rings. The third-order valence-corrected chi connectivity index (χ3v) is 14.7. The van der Waals surface area contributed by atoms with Gasteiger partial charge in [-0.1, -0.05) is 0 Å². The zero-order valence-electron chi connectivity index (χ0n) is 11.6. The molecule has 0 spiro atoms. The standard InChI is InChI=1S/C7H16N.2C3H7.In/c1-5-7(6-2)8(3)4;2*1-3-2;/h7H,1,5-6H2,2-4H3;2*1,3H2,2H3;. The van der Waals surface area contributed by atoms with Crippen LogP contribution in [-0.4, -0.2) is 46.5 Å². The Morgan fingerprint density at radius 1 is 0.933 bits per heavy atom. The van der Waals surface area contributed by atoms with Crippen LogP contribution in [-0.2, 0) is 0 Å². The second-order valence-corrected chi connectivity index (χ2v) is 14.9. The number of nitrogens with zero attached hydrogens (tertiary/aromatic N) is 1. The maximum atomic E-state index is 2.42. The van der Waals surface area contributed by atoms with Crippen LogP contribution in [0.4, 0.5) is 0 Å². The van der Waals surface area contributed by atoms with Crippen LogP contribution in [0.25, 0.3) is 0 Å². The van der Waals surface area contributed by atoms with Gasteiger partial charge in [0.15, 0.2) is 0 Å². The summed E-state index contributed by atoms with van der Waals surface area (Å²) in [6.45, 7) is 7.06. The minimum atomic E-state index is -1.06. The van der Waals surface area contributed by atoms with E-state index in [4.69, 9.17) is 0 Å². The van der Waals surface area contributed by atoms with Crippen molar-refractivity contribution in [2.24, 2.45) is 0 Å². The van der Waals surface area contributed by atoms with E-state index in [1.807, 2.05) is 0 Å². The fourth-order valence-corrected chi connectivity index (χ4v) is 12.1. The Kier molecular flexibility index (Phi) is 10.6. The average molecular weight is 315 g/mol. The molecule has 0 aliphatic carbocycles. The summed E-state index contributed by atoms with van der Waals surface area (Å²) in [4.78, 5) is 2.42. The Bertz CT molecular complexity index is 130. The fraction of sp³-hybridized carbons (Fsp3) is 1.00. The van der Waals surface area contributed by atoms with Crippen molar-refractivity contribution >= 4 is 21.4 Å². The van der Waals surface area contributed by atoms with Gasteiger partial charge in [0.05, 0.1) is 0 Å². The Hall–Kier alpha value is 0.830. The quantitative estimate of drug-likeness (QED) is 0.621. The van der Waals surface area contributed by atoms with E-state index in [9.17, 15) is 0 Å². The second kappa shape index (κ2) is 10.0. The maximum absolute atomic E-state index is 2.42. The van der Waals surface area contributed by atoms with Crippen LogP contribution >= 0.6 is 0 Å². The molecule has 0 heterocycles. The van der Waals surface area contributed by atoms with E-state index >= 15 is 0 Å². The third kappa shape index (κ3) is 7.68. The van der Waals surface area contributed by atoms with Crippen molar-refractivity contribution in [2.45, 2.75) is 65.0 Å². The number of rotatable bonds is 9. The van der Waals surface area contributed by atoms with E-state index in [1.165, 1.54) is 25.7 Å². The van der Waals surface area contributed by atoms with Gasteiger partial charge in [-0.15, -0.1) is 0 Å². The zero-order chi connectivity index (χ0) is 11.7. The van der Waals surface area contributed by atoms with Crippen molar-refractivity contribution in [3.8, 4) is 0 Å². The first-order valence-electron chi connectivity index (χ1n) is 6.82. The number of hydrogen-bond acceptors (Lipinski definition) is 1. The van der Waals surface area contributed by atoms with Crippen molar-refractivity contribution in [2.75, 3.05) is 14.1 Å². The van der Waals surface area contributed by atoms with Gasteiger partial charge in [0.1, 0.15) is 0 Å². The Labute approximate surface area is 105 Å². The van der Waals surface area contributed by atoms with Gasteiger partial charge in [-0.25, -0.2) is 0 Å². The van der Waals surface area contributed by atoms with Crippen LogP contribution in [0.2, 0.25) is 12.5 Å². The molecule has 0 radical (unpaired) electrons. The van der Waals surface area contributed by atoms with Crippen molar-refractivity contribution in [1.82, 2.24) is 4.90 Å². The molecule has 0 saturated heterocycles. The minimum absolute atomic E-state index is 0.845. The predicted molar refractivity (Wildman–Crippen MR) is 73.1 cm³/mol. The SMILES string of the molecule is CC[CH2][In]([CH2]CC)[CH2]CC(CC)N(C)C. The molecule has 0 N–H and O–H groups in total. The molecule has 0 aliphatic rings. The van der Waals surface area contributed by atoms with Crippen LogP contribution < -0.4 is 0 Å². The molecule has 2 heteroatoms. The molecule has 0 bridgehead atoms. The monoisotopic (exact) mass is 315 g/mol. The molecule has 0 rings (SSSR count). The second-order valence-electron chi connectivity index (χ2n) is 5.05. The first kappa shape index (κ1) is 15.8. The van der Waals surface area contributed by atoms with Gasteiger partial charge >= 0.3 is 105 Å². The topological polar surface area (TPSA) is 3.24 Å². The van der Waals surface area contributed by atoms with Crippen LogP contribution in [0.1, 0.15) is 46.5 Å². The van der Waals surface area contributed by atoms with Crippen molar-refractivity contribution in [3.05, 3.63) is 0 Å². The van der Waals surface area contributed by atoms with E-state index in [0.717, 1.165) is 6.04 Å². The van der Waals surface area contributed by atoms with Gasteiger partial charge in [0.2, 0.25) is 0 Å². The van der Waals surface area contributed by atoms with E-state index < -0.39 is 21.4 Å². The summed E-state index contributed by atoms with van der Waals surface area (Å²) < 4.78 is 4.92. The van der Waals surface area contributed by atoms with Crippen LogP contribution in [0.15, 0.2) is 0 Å². The summed E-state index contributed by atoms with van der Waals surface area (Å²) in [6, 6.07) is 0.845. The molecule has 1 nitrogen and oxygen atoms in total. The molecule has 1 unspecified atom stereocenters. The van der Waals surface area contributed by atoms with Gasteiger partial charge in [0, 0.05) is 0 Å². The molecule has 0 aromatic carbocycles. The fourth-order valence-electron chi connectivity index (χ4n) is 2.51. The molecule has 0 aromatic heterocycles. The van der Waals surface area contributed by atoms with Gasteiger partial charge in [-0.2, -0.15) is 0 Å². The molecule has 0 aliphatic heterocycles. The summed E-state index contributed by atoms with van der Waals surface area (Å²) >= 11 is -1.06. The molecule has 0 amide bonds. The summed E-state index contributed by atoms with van der Waals surface area (Å²) in [7, 11) is 4.47. The van der Waals surface area contributed by atoms with Gasteiger partial charge in [-0.05, 0) is 0 Å². The van der Waals surface area contributed by atoms with Gasteiger partial charge < -0.3 is 0 Å². The van der Waals surface area contributed by atoms with E-state index in [2.05, 4.69) is 39.8 Å². The first-order chi connectivity index (χ1) is 7.15. The van der Waals surface area contributed by atoms with E-state index in [-0.39, 0.29) is 0 Å². The molecule has 15 heavy (non-hydrogen) atoms. The summed E-state index contributed by atoms with van der Waals surface area (Å²) in [6.07, 6.45) is 5.69. The summed E-state index contributed by atoms with van der Waals surface area (Å²) in [5.74, 6) is 0. The Balaban J connectivity index is 3.84. The molecular weight excluding hydrogens is 285 g/mol. The molecule has 0 fully saturated rings. The van der Waals surface area contributed by atoms with Crippen molar-refractivity contribution in [3.63, 3.8) is 0 Å². The Morgan fingerprint density at radius 2 is 1.47 bits per heavy atom. The van der Waals surface area contributed by atoms with E-state index in [0.29, 0.717) is 0 Å². The molecule has 90 valence electrons. The molecular formula is C13H30InN. The Morgan fingerprint density at radius 3 is 1.80 bits per heavy atom. The van der Waals surface area contributed by atoms with Crippen molar-refractivity contribution in [1.29, 1.82) is 0 Å². The van der Waals surface area contributed by atoms with Gasteiger partial charge in [-0.3, -0.25) is 0 Å². The number of hydrogen-bond donors (Lipinski definition) is 0. The van der Waals surface area contributed by atoms with Crippen LogP contribution in [0.5, 0.6) is 0 Å². The third-order valence-electron chi connectivity index (χ3n) is 3.50. The van der Waals surface area contributed by atoms with Gasteiger partial charge in [0.25, 0.3) is 0 Å². The summed E-state index contributed by atoms with van der Waals surface area (Å²) in [5.41, 5.74) is 0. The molecule has 0 saturated carbocycles. The zero-order valence-corrected chi connectivity index (χ0v) is 14.8. The molecule has 1 atom stereocenters. The summed E-state index contributed by atoms with van der Waals surface area (Å²) in [5, 5.41) is 0.